The summed E-state index contributed by atoms with van der Waals surface area (Å²) in [6, 6.07) is 12.7. The van der Waals surface area contributed by atoms with Crippen LogP contribution in [0.3, 0.4) is 0 Å². The molecule has 0 aromatic heterocycles. The molecule has 0 atom stereocenters. The molecular formula is C16H14O6. The van der Waals surface area contributed by atoms with Crippen LogP contribution in [0, 0.1) is 0 Å². The zero-order valence-corrected chi connectivity index (χ0v) is 11.7. The minimum absolute atomic E-state index is 0.0891. The van der Waals surface area contributed by atoms with Gasteiger partial charge in [0, 0.05) is 6.92 Å². The Labute approximate surface area is 126 Å². The highest BCUT2D eigenvalue weighted by Gasteiger charge is 2.16. The Morgan fingerprint density at radius 1 is 0.682 bits per heavy atom. The third kappa shape index (κ3) is 4.45. The predicted molar refractivity (Wildman–Crippen MR) is 79.1 cm³/mol. The number of carboxylic acid groups (broad SMARTS) is 3. The van der Waals surface area contributed by atoms with Crippen LogP contribution in [0.15, 0.2) is 48.5 Å². The highest BCUT2D eigenvalue weighted by Crippen LogP contribution is 2.27. The maximum atomic E-state index is 11.1. The van der Waals surface area contributed by atoms with E-state index in [0.29, 0.717) is 11.1 Å². The Kier molecular flexibility index (Phi) is 5.83. The molecule has 0 bridgehead atoms. The lowest BCUT2D eigenvalue weighted by Crippen LogP contribution is -2.03. The minimum Gasteiger partial charge on any atom is -0.481 e. The number of carboxylic acids is 3. The van der Waals surface area contributed by atoms with E-state index in [9.17, 15) is 9.59 Å². The van der Waals surface area contributed by atoms with Gasteiger partial charge in [-0.2, -0.15) is 0 Å². The molecule has 0 heterocycles. The minimum atomic E-state index is -1.08. The molecule has 0 aliphatic rings. The van der Waals surface area contributed by atoms with Gasteiger partial charge in [0.25, 0.3) is 5.97 Å². The Morgan fingerprint density at radius 2 is 0.955 bits per heavy atom. The molecule has 2 aromatic carbocycles. The van der Waals surface area contributed by atoms with Gasteiger partial charge in [-0.1, -0.05) is 36.4 Å². The molecule has 0 aliphatic carbocycles. The molecule has 0 aliphatic heterocycles. The molecular weight excluding hydrogens is 288 g/mol. The first-order valence-corrected chi connectivity index (χ1v) is 6.19. The molecule has 2 aromatic rings. The first-order chi connectivity index (χ1) is 10.3. The number of carbonyl (C=O) groups is 3. The van der Waals surface area contributed by atoms with E-state index in [1.165, 1.54) is 12.1 Å². The molecule has 0 saturated carbocycles. The molecule has 22 heavy (non-hydrogen) atoms. The first kappa shape index (κ1) is 16.9. The van der Waals surface area contributed by atoms with Gasteiger partial charge >= 0.3 is 11.9 Å². The van der Waals surface area contributed by atoms with Crippen molar-refractivity contribution in [3.8, 4) is 11.1 Å². The number of hydrogen-bond acceptors (Lipinski definition) is 3. The topological polar surface area (TPSA) is 112 Å². The Hall–Kier alpha value is -3.15. The van der Waals surface area contributed by atoms with Crippen molar-refractivity contribution in [3.63, 3.8) is 0 Å². The highest BCUT2D eigenvalue weighted by molar-refractivity contribution is 6.02. The van der Waals surface area contributed by atoms with E-state index in [-0.39, 0.29) is 11.1 Å². The van der Waals surface area contributed by atoms with E-state index in [0.717, 1.165) is 6.92 Å². The van der Waals surface area contributed by atoms with Crippen LogP contribution in [0.1, 0.15) is 27.6 Å². The van der Waals surface area contributed by atoms with Crippen LogP contribution < -0.4 is 0 Å². The van der Waals surface area contributed by atoms with Crippen LogP contribution in [-0.2, 0) is 4.79 Å². The van der Waals surface area contributed by atoms with Gasteiger partial charge in [-0.05, 0) is 23.3 Å². The van der Waals surface area contributed by atoms with Gasteiger partial charge in [0.2, 0.25) is 0 Å². The number of rotatable bonds is 3. The fraction of sp³-hybridized carbons (Fsp3) is 0.0625. The molecule has 0 unspecified atom stereocenters. The maximum absolute atomic E-state index is 11.1. The van der Waals surface area contributed by atoms with Gasteiger partial charge in [-0.25, -0.2) is 9.59 Å². The smallest absolute Gasteiger partial charge is 0.336 e. The summed E-state index contributed by atoms with van der Waals surface area (Å²) in [5.41, 5.74) is 0.989. The lowest BCUT2D eigenvalue weighted by Gasteiger charge is -2.08. The van der Waals surface area contributed by atoms with Crippen molar-refractivity contribution in [1.82, 2.24) is 0 Å². The highest BCUT2D eigenvalue weighted by atomic mass is 16.4. The summed E-state index contributed by atoms with van der Waals surface area (Å²) in [5, 5.41) is 25.6. The summed E-state index contributed by atoms with van der Waals surface area (Å²) in [5.74, 6) is -2.99. The molecule has 0 fully saturated rings. The molecule has 6 nitrogen and oxygen atoms in total. The van der Waals surface area contributed by atoms with Gasteiger partial charge in [-0.3, -0.25) is 4.79 Å². The molecule has 0 amide bonds. The van der Waals surface area contributed by atoms with Gasteiger partial charge in [0.15, 0.2) is 0 Å². The van der Waals surface area contributed by atoms with Crippen LogP contribution in [-0.4, -0.2) is 33.2 Å². The van der Waals surface area contributed by atoms with Crippen molar-refractivity contribution in [3.05, 3.63) is 59.7 Å². The predicted octanol–water partition coefficient (Wildman–Crippen LogP) is 2.84. The van der Waals surface area contributed by atoms with Crippen molar-refractivity contribution in [2.24, 2.45) is 0 Å². The van der Waals surface area contributed by atoms with Crippen LogP contribution in [0.4, 0.5) is 0 Å². The third-order valence-corrected chi connectivity index (χ3v) is 2.61. The lowest BCUT2D eigenvalue weighted by molar-refractivity contribution is -0.134. The lowest BCUT2D eigenvalue weighted by atomic mass is 9.95. The largest absolute Gasteiger partial charge is 0.481 e. The Balaban J connectivity index is 0.000000541. The van der Waals surface area contributed by atoms with Crippen molar-refractivity contribution >= 4 is 17.9 Å². The van der Waals surface area contributed by atoms with Gasteiger partial charge in [0.05, 0.1) is 11.1 Å². The number of hydrogen-bond donors (Lipinski definition) is 3. The fourth-order valence-electron chi connectivity index (χ4n) is 1.81. The maximum Gasteiger partial charge on any atom is 0.336 e. The molecule has 0 saturated heterocycles. The SMILES string of the molecule is CC(=O)O.O=C(O)c1ccccc1-c1ccccc1C(=O)O. The van der Waals surface area contributed by atoms with E-state index in [1.807, 2.05) is 0 Å². The second-order valence-corrected chi connectivity index (χ2v) is 4.22. The first-order valence-electron chi connectivity index (χ1n) is 6.19. The Bertz CT molecular complexity index is 646. The second-order valence-electron chi connectivity index (χ2n) is 4.22. The van der Waals surface area contributed by atoms with Gasteiger partial charge < -0.3 is 15.3 Å². The number of aliphatic carboxylic acids is 1. The summed E-state index contributed by atoms with van der Waals surface area (Å²) >= 11 is 0. The van der Waals surface area contributed by atoms with E-state index < -0.39 is 17.9 Å². The van der Waals surface area contributed by atoms with Crippen molar-refractivity contribution in [1.29, 1.82) is 0 Å². The average Bonchev–Trinajstić information content (AvgIpc) is 2.46. The number of benzene rings is 2. The zero-order valence-electron chi connectivity index (χ0n) is 11.7. The van der Waals surface area contributed by atoms with Gasteiger partial charge in [0.1, 0.15) is 0 Å². The van der Waals surface area contributed by atoms with Crippen LogP contribution >= 0.6 is 0 Å². The molecule has 0 radical (unpaired) electrons. The average molecular weight is 302 g/mol. The summed E-state index contributed by atoms with van der Waals surface area (Å²) in [6.07, 6.45) is 0. The number of aromatic carboxylic acids is 2. The van der Waals surface area contributed by atoms with Crippen LogP contribution in [0.25, 0.3) is 11.1 Å². The fourth-order valence-corrected chi connectivity index (χ4v) is 1.81. The quantitative estimate of drug-likeness (QED) is 0.803. The zero-order chi connectivity index (χ0) is 16.7. The summed E-state index contributed by atoms with van der Waals surface area (Å²) < 4.78 is 0. The van der Waals surface area contributed by atoms with E-state index in [2.05, 4.69) is 0 Å². The van der Waals surface area contributed by atoms with Crippen LogP contribution in [0.2, 0.25) is 0 Å². The van der Waals surface area contributed by atoms with Gasteiger partial charge in [-0.15, -0.1) is 0 Å². The monoisotopic (exact) mass is 302 g/mol. The molecule has 3 N–H and O–H groups in total. The van der Waals surface area contributed by atoms with Crippen molar-refractivity contribution in [2.75, 3.05) is 0 Å². The van der Waals surface area contributed by atoms with E-state index in [4.69, 9.17) is 20.1 Å². The molecule has 2 rings (SSSR count). The third-order valence-electron chi connectivity index (χ3n) is 2.61. The van der Waals surface area contributed by atoms with E-state index in [1.54, 1.807) is 36.4 Å². The standard InChI is InChI=1S/C14H10O4.C2H4O2/c15-13(16)11-7-3-1-5-9(11)10-6-2-4-8-12(10)14(17)18;1-2(3)4/h1-8H,(H,15,16)(H,17,18);1H3,(H,3,4). The molecule has 114 valence electrons. The van der Waals surface area contributed by atoms with Crippen LogP contribution in [0.5, 0.6) is 0 Å². The Morgan fingerprint density at radius 3 is 1.23 bits per heavy atom. The van der Waals surface area contributed by atoms with Crippen molar-refractivity contribution in [2.45, 2.75) is 6.92 Å². The summed E-state index contributed by atoms with van der Waals surface area (Å²) in [7, 11) is 0. The molecule has 0 spiro atoms. The normalized spacial score (nSPS) is 9.32. The second kappa shape index (κ2) is 7.58. The van der Waals surface area contributed by atoms with E-state index >= 15 is 0 Å². The summed E-state index contributed by atoms with van der Waals surface area (Å²) in [4.78, 5) is 31.3. The van der Waals surface area contributed by atoms with Crippen molar-refractivity contribution < 1.29 is 29.7 Å². The molecule has 6 heteroatoms. The summed E-state index contributed by atoms with van der Waals surface area (Å²) in [6.45, 7) is 1.08.